The standard InChI is InChI=1S/C14H18F3N3/c1-18-13(19-8-10-2-3-10)20-9-11-4-6-12(7-5-11)14(15,16)17/h4-7,10H,2-3,8-9H2,1H3,(H2,18,19,20). The van der Waals surface area contributed by atoms with Gasteiger partial charge in [-0.05, 0) is 36.5 Å². The molecule has 2 rings (SSSR count). The average molecular weight is 285 g/mol. The Kier molecular flexibility index (Phi) is 4.52. The van der Waals surface area contributed by atoms with Gasteiger partial charge in [0.05, 0.1) is 5.56 Å². The number of hydrogen-bond acceptors (Lipinski definition) is 1. The van der Waals surface area contributed by atoms with Crippen LogP contribution in [0.1, 0.15) is 24.0 Å². The van der Waals surface area contributed by atoms with Gasteiger partial charge in [-0.1, -0.05) is 12.1 Å². The normalized spacial score (nSPS) is 16.1. The molecule has 0 aliphatic heterocycles. The molecule has 3 nitrogen and oxygen atoms in total. The highest BCUT2D eigenvalue weighted by Crippen LogP contribution is 2.29. The summed E-state index contributed by atoms with van der Waals surface area (Å²) >= 11 is 0. The maximum atomic E-state index is 12.4. The molecule has 1 aliphatic rings. The predicted molar refractivity (Wildman–Crippen MR) is 72.4 cm³/mol. The Balaban J connectivity index is 1.83. The van der Waals surface area contributed by atoms with E-state index in [-0.39, 0.29) is 0 Å². The third-order valence-corrected chi connectivity index (χ3v) is 3.22. The minimum atomic E-state index is -4.28. The number of nitrogens with one attached hydrogen (secondary N) is 2. The highest BCUT2D eigenvalue weighted by molar-refractivity contribution is 5.79. The smallest absolute Gasteiger partial charge is 0.356 e. The van der Waals surface area contributed by atoms with E-state index >= 15 is 0 Å². The molecule has 0 bridgehead atoms. The Morgan fingerprint density at radius 2 is 1.85 bits per heavy atom. The van der Waals surface area contributed by atoms with Crippen molar-refractivity contribution in [3.8, 4) is 0 Å². The van der Waals surface area contributed by atoms with E-state index in [1.54, 1.807) is 7.05 Å². The lowest BCUT2D eigenvalue weighted by Crippen LogP contribution is -2.37. The van der Waals surface area contributed by atoms with Gasteiger partial charge in [0.2, 0.25) is 0 Å². The zero-order valence-corrected chi connectivity index (χ0v) is 11.3. The molecule has 6 heteroatoms. The summed E-state index contributed by atoms with van der Waals surface area (Å²) in [6.45, 7) is 1.34. The summed E-state index contributed by atoms with van der Waals surface area (Å²) in [6, 6.07) is 5.14. The fourth-order valence-electron chi connectivity index (χ4n) is 1.78. The lowest BCUT2D eigenvalue weighted by atomic mass is 10.1. The van der Waals surface area contributed by atoms with Crippen LogP contribution in [0.2, 0.25) is 0 Å². The van der Waals surface area contributed by atoms with Gasteiger partial charge in [-0.3, -0.25) is 4.99 Å². The van der Waals surface area contributed by atoms with Gasteiger partial charge in [-0.15, -0.1) is 0 Å². The van der Waals surface area contributed by atoms with Gasteiger partial charge >= 0.3 is 6.18 Å². The summed E-state index contributed by atoms with van der Waals surface area (Å²) in [7, 11) is 1.68. The molecule has 0 saturated heterocycles. The van der Waals surface area contributed by atoms with Crippen molar-refractivity contribution in [2.24, 2.45) is 10.9 Å². The summed E-state index contributed by atoms with van der Waals surface area (Å²) in [5, 5.41) is 6.28. The summed E-state index contributed by atoms with van der Waals surface area (Å²) in [4.78, 5) is 4.07. The lowest BCUT2D eigenvalue weighted by Gasteiger charge is -2.12. The Bertz CT molecular complexity index is 462. The largest absolute Gasteiger partial charge is 0.416 e. The van der Waals surface area contributed by atoms with Crippen molar-refractivity contribution in [2.75, 3.05) is 13.6 Å². The molecule has 0 spiro atoms. The van der Waals surface area contributed by atoms with Gasteiger partial charge in [0.25, 0.3) is 0 Å². The van der Waals surface area contributed by atoms with Crippen molar-refractivity contribution in [1.82, 2.24) is 10.6 Å². The molecule has 0 atom stereocenters. The number of guanidine groups is 1. The molecular formula is C14H18F3N3. The molecule has 0 radical (unpaired) electrons. The second kappa shape index (κ2) is 6.15. The summed E-state index contributed by atoms with van der Waals surface area (Å²) in [5.41, 5.74) is 0.157. The number of halogens is 3. The van der Waals surface area contributed by atoms with Crippen LogP contribution in [0.4, 0.5) is 13.2 Å². The van der Waals surface area contributed by atoms with Gasteiger partial charge in [0.1, 0.15) is 0 Å². The van der Waals surface area contributed by atoms with E-state index in [0.29, 0.717) is 12.5 Å². The van der Waals surface area contributed by atoms with Crippen LogP contribution in [0, 0.1) is 5.92 Å². The molecule has 0 amide bonds. The number of alkyl halides is 3. The zero-order chi connectivity index (χ0) is 14.6. The van der Waals surface area contributed by atoms with Crippen molar-refractivity contribution in [3.05, 3.63) is 35.4 Å². The molecule has 20 heavy (non-hydrogen) atoms. The number of rotatable bonds is 4. The zero-order valence-electron chi connectivity index (χ0n) is 11.3. The van der Waals surface area contributed by atoms with E-state index in [1.807, 2.05) is 0 Å². The van der Waals surface area contributed by atoms with Crippen LogP contribution in [0.15, 0.2) is 29.3 Å². The van der Waals surface area contributed by atoms with Gasteiger partial charge in [-0.25, -0.2) is 0 Å². The summed E-state index contributed by atoms with van der Waals surface area (Å²) in [5.74, 6) is 1.41. The minimum Gasteiger partial charge on any atom is -0.356 e. The molecule has 0 unspecified atom stereocenters. The van der Waals surface area contributed by atoms with Gasteiger partial charge in [0, 0.05) is 20.1 Å². The topological polar surface area (TPSA) is 36.4 Å². The van der Waals surface area contributed by atoms with Crippen LogP contribution in [0.25, 0.3) is 0 Å². The fraction of sp³-hybridized carbons (Fsp3) is 0.500. The van der Waals surface area contributed by atoms with Crippen molar-refractivity contribution in [2.45, 2.75) is 25.6 Å². The van der Waals surface area contributed by atoms with E-state index in [9.17, 15) is 13.2 Å². The molecule has 0 heterocycles. The Labute approximate surface area is 116 Å². The van der Waals surface area contributed by atoms with Crippen molar-refractivity contribution in [1.29, 1.82) is 0 Å². The van der Waals surface area contributed by atoms with Crippen LogP contribution in [0.5, 0.6) is 0 Å². The predicted octanol–water partition coefficient (Wildman–Crippen LogP) is 2.78. The average Bonchev–Trinajstić information content (AvgIpc) is 3.22. The van der Waals surface area contributed by atoms with E-state index in [0.717, 1.165) is 30.2 Å². The van der Waals surface area contributed by atoms with E-state index in [4.69, 9.17) is 0 Å². The van der Waals surface area contributed by atoms with Crippen LogP contribution < -0.4 is 10.6 Å². The first-order chi connectivity index (χ1) is 9.49. The molecular weight excluding hydrogens is 267 g/mol. The number of benzene rings is 1. The first kappa shape index (κ1) is 14.7. The number of hydrogen-bond donors (Lipinski definition) is 2. The Morgan fingerprint density at radius 1 is 1.20 bits per heavy atom. The molecule has 1 fully saturated rings. The van der Waals surface area contributed by atoms with E-state index in [1.165, 1.54) is 25.0 Å². The molecule has 0 aromatic heterocycles. The highest BCUT2D eigenvalue weighted by atomic mass is 19.4. The molecule has 2 N–H and O–H groups in total. The maximum Gasteiger partial charge on any atom is 0.416 e. The quantitative estimate of drug-likeness (QED) is 0.659. The third-order valence-electron chi connectivity index (χ3n) is 3.22. The second-order valence-corrected chi connectivity index (χ2v) is 4.94. The van der Waals surface area contributed by atoms with Crippen LogP contribution >= 0.6 is 0 Å². The van der Waals surface area contributed by atoms with Crippen LogP contribution in [-0.4, -0.2) is 19.6 Å². The molecule has 1 saturated carbocycles. The van der Waals surface area contributed by atoms with Crippen molar-refractivity contribution >= 4 is 5.96 Å². The molecule has 1 aromatic carbocycles. The SMILES string of the molecule is CN=C(NCc1ccc(C(F)(F)F)cc1)NCC1CC1. The molecule has 1 aliphatic carbocycles. The number of aliphatic imine (C=N–C) groups is 1. The highest BCUT2D eigenvalue weighted by Gasteiger charge is 2.29. The Morgan fingerprint density at radius 3 is 2.35 bits per heavy atom. The van der Waals surface area contributed by atoms with Gasteiger partial charge < -0.3 is 10.6 Å². The van der Waals surface area contributed by atoms with Gasteiger partial charge in [-0.2, -0.15) is 13.2 Å². The maximum absolute atomic E-state index is 12.4. The molecule has 1 aromatic rings. The Hall–Kier alpha value is -1.72. The van der Waals surface area contributed by atoms with Crippen molar-refractivity contribution < 1.29 is 13.2 Å². The fourth-order valence-corrected chi connectivity index (χ4v) is 1.78. The summed E-state index contributed by atoms with van der Waals surface area (Å²) in [6.07, 6.45) is -1.78. The van der Waals surface area contributed by atoms with Gasteiger partial charge in [0.15, 0.2) is 5.96 Å². The van der Waals surface area contributed by atoms with Crippen LogP contribution in [0.3, 0.4) is 0 Å². The first-order valence-electron chi connectivity index (χ1n) is 6.59. The van der Waals surface area contributed by atoms with Crippen molar-refractivity contribution in [3.63, 3.8) is 0 Å². The second-order valence-electron chi connectivity index (χ2n) is 4.94. The summed E-state index contributed by atoms with van der Waals surface area (Å²) < 4.78 is 37.3. The monoisotopic (exact) mass is 285 g/mol. The third kappa shape index (κ3) is 4.43. The molecule has 110 valence electrons. The van der Waals surface area contributed by atoms with Crippen LogP contribution in [-0.2, 0) is 12.7 Å². The van der Waals surface area contributed by atoms with E-state index < -0.39 is 11.7 Å². The number of nitrogens with zero attached hydrogens (tertiary/aromatic N) is 1. The lowest BCUT2D eigenvalue weighted by molar-refractivity contribution is -0.137. The first-order valence-corrected chi connectivity index (χ1v) is 6.59. The minimum absolute atomic E-state index is 0.447. The van der Waals surface area contributed by atoms with E-state index in [2.05, 4.69) is 15.6 Å².